The molecule has 0 fully saturated rings. The van der Waals surface area contributed by atoms with Crippen LogP contribution in [0.2, 0.25) is 0 Å². The van der Waals surface area contributed by atoms with Crippen LogP contribution in [0.4, 0.5) is 4.39 Å². The molecule has 0 amide bonds. The first-order valence-corrected chi connectivity index (χ1v) is 8.91. The molecule has 2 heterocycles. The summed E-state index contributed by atoms with van der Waals surface area (Å²) in [6, 6.07) is 9.45. The minimum Gasteiger partial charge on any atom is -0.457 e. The maximum atomic E-state index is 12.9. The number of carbonyl (C=O) groups is 2. The molecule has 0 saturated heterocycles. The zero-order valence-electron chi connectivity index (χ0n) is 16.0. The molecular weight excluding hydrogens is 363 g/mol. The molecule has 2 aromatic heterocycles. The van der Waals surface area contributed by atoms with Gasteiger partial charge in [0.2, 0.25) is 5.78 Å². The molecule has 3 aromatic rings. The fraction of sp³-hybridized carbons (Fsp3) is 0.286. The SMILES string of the molecule is Cc1cc(-n2c(C)cc(C(=O)COC(=O)CCc3ccc(F)cc3)c2C)no1. The van der Waals surface area contributed by atoms with Gasteiger partial charge in [-0.1, -0.05) is 17.3 Å². The standard InChI is InChI=1S/C21H21FN2O4/c1-13-10-18(15(3)24(13)20-11-14(2)28-23-20)19(25)12-27-21(26)9-6-16-4-7-17(22)8-5-16/h4-5,7-8,10-11H,6,9,12H2,1-3H3. The lowest BCUT2D eigenvalue weighted by atomic mass is 10.1. The number of halogens is 1. The van der Waals surface area contributed by atoms with Crippen molar-refractivity contribution >= 4 is 11.8 Å². The van der Waals surface area contributed by atoms with Crippen molar-refractivity contribution in [2.75, 3.05) is 6.61 Å². The van der Waals surface area contributed by atoms with Crippen molar-refractivity contribution in [3.05, 3.63) is 70.5 Å². The van der Waals surface area contributed by atoms with Gasteiger partial charge < -0.3 is 9.26 Å². The van der Waals surface area contributed by atoms with Crippen molar-refractivity contribution in [1.82, 2.24) is 9.72 Å². The Morgan fingerprint density at radius 3 is 2.50 bits per heavy atom. The number of aromatic nitrogens is 2. The van der Waals surface area contributed by atoms with E-state index in [1.54, 1.807) is 38.1 Å². The van der Waals surface area contributed by atoms with Crippen LogP contribution in [0.25, 0.3) is 5.82 Å². The molecule has 6 nitrogen and oxygen atoms in total. The minimum atomic E-state index is -0.474. The van der Waals surface area contributed by atoms with Crippen LogP contribution in [0.3, 0.4) is 0 Å². The number of ketones is 1. The summed E-state index contributed by atoms with van der Waals surface area (Å²) >= 11 is 0. The highest BCUT2D eigenvalue weighted by atomic mass is 19.1. The molecule has 3 rings (SSSR count). The number of rotatable bonds is 7. The monoisotopic (exact) mass is 384 g/mol. The molecule has 0 radical (unpaired) electrons. The smallest absolute Gasteiger partial charge is 0.306 e. The number of hydrogen-bond donors (Lipinski definition) is 0. The van der Waals surface area contributed by atoms with Crippen LogP contribution < -0.4 is 0 Å². The summed E-state index contributed by atoms with van der Waals surface area (Å²) in [6.45, 7) is 5.13. The molecule has 0 aliphatic rings. The number of ether oxygens (including phenoxy) is 1. The summed E-state index contributed by atoms with van der Waals surface area (Å²) in [5.74, 6) is 0.192. The lowest BCUT2D eigenvalue weighted by Gasteiger charge is -2.06. The summed E-state index contributed by atoms with van der Waals surface area (Å²) in [5.41, 5.74) is 2.84. The Bertz CT molecular complexity index is 1000. The van der Waals surface area contributed by atoms with Gasteiger partial charge in [-0.25, -0.2) is 4.39 Å². The van der Waals surface area contributed by atoms with Crippen molar-refractivity contribution in [3.8, 4) is 5.82 Å². The van der Waals surface area contributed by atoms with E-state index in [4.69, 9.17) is 9.26 Å². The van der Waals surface area contributed by atoms with Crippen LogP contribution in [0.1, 0.15) is 39.5 Å². The maximum Gasteiger partial charge on any atom is 0.306 e. The van der Waals surface area contributed by atoms with Gasteiger partial charge in [0.15, 0.2) is 12.4 Å². The quantitative estimate of drug-likeness (QED) is 0.456. The average molecular weight is 384 g/mol. The molecule has 28 heavy (non-hydrogen) atoms. The van der Waals surface area contributed by atoms with Crippen LogP contribution in [-0.4, -0.2) is 28.1 Å². The van der Waals surface area contributed by atoms with E-state index in [1.807, 2.05) is 11.5 Å². The molecule has 7 heteroatoms. The van der Waals surface area contributed by atoms with Crippen LogP contribution in [0, 0.1) is 26.6 Å². The molecule has 0 saturated carbocycles. The van der Waals surface area contributed by atoms with Gasteiger partial charge in [-0.05, 0) is 51.0 Å². The largest absolute Gasteiger partial charge is 0.457 e. The molecule has 0 atom stereocenters. The van der Waals surface area contributed by atoms with Crippen molar-refractivity contribution in [3.63, 3.8) is 0 Å². The first-order chi connectivity index (χ1) is 13.3. The van der Waals surface area contributed by atoms with E-state index < -0.39 is 5.97 Å². The van der Waals surface area contributed by atoms with Crippen LogP contribution in [0.15, 0.2) is 40.9 Å². The number of aryl methyl sites for hydroxylation is 3. The van der Waals surface area contributed by atoms with E-state index in [0.29, 0.717) is 29.3 Å². The zero-order chi connectivity index (χ0) is 20.3. The summed E-state index contributed by atoms with van der Waals surface area (Å²) in [7, 11) is 0. The van der Waals surface area contributed by atoms with Crippen molar-refractivity contribution < 1.29 is 23.2 Å². The van der Waals surface area contributed by atoms with Gasteiger partial charge in [0, 0.05) is 29.4 Å². The second-order valence-electron chi connectivity index (χ2n) is 6.63. The summed E-state index contributed by atoms with van der Waals surface area (Å²) in [6.07, 6.45) is 0.545. The molecule has 0 bridgehead atoms. The molecule has 0 unspecified atom stereocenters. The van der Waals surface area contributed by atoms with Gasteiger partial charge >= 0.3 is 5.97 Å². The van der Waals surface area contributed by atoms with Crippen molar-refractivity contribution in [2.45, 2.75) is 33.6 Å². The zero-order valence-corrected chi connectivity index (χ0v) is 16.0. The number of nitrogens with zero attached hydrogens (tertiary/aromatic N) is 2. The predicted molar refractivity (Wildman–Crippen MR) is 100 cm³/mol. The van der Waals surface area contributed by atoms with E-state index in [1.165, 1.54) is 12.1 Å². The Labute approximate surface area is 161 Å². The molecule has 0 aliphatic heterocycles. The average Bonchev–Trinajstić information content (AvgIpc) is 3.21. The van der Waals surface area contributed by atoms with Gasteiger partial charge in [0.1, 0.15) is 11.6 Å². The summed E-state index contributed by atoms with van der Waals surface area (Å²) in [5, 5.41) is 3.98. The van der Waals surface area contributed by atoms with Crippen molar-refractivity contribution in [2.24, 2.45) is 0 Å². The Hall–Kier alpha value is -3.22. The number of benzene rings is 1. The highest BCUT2D eigenvalue weighted by molar-refractivity contribution is 5.99. The van der Waals surface area contributed by atoms with Gasteiger partial charge in [-0.2, -0.15) is 0 Å². The molecule has 0 spiro atoms. The maximum absolute atomic E-state index is 12.9. The summed E-state index contributed by atoms with van der Waals surface area (Å²) < 4.78 is 24.9. The van der Waals surface area contributed by atoms with Gasteiger partial charge in [-0.3, -0.25) is 14.2 Å². The minimum absolute atomic E-state index is 0.121. The summed E-state index contributed by atoms with van der Waals surface area (Å²) in [4.78, 5) is 24.4. The van der Waals surface area contributed by atoms with E-state index in [9.17, 15) is 14.0 Å². The third kappa shape index (κ3) is 4.36. The second kappa shape index (κ2) is 8.21. The lowest BCUT2D eigenvalue weighted by Crippen LogP contribution is -2.15. The highest BCUT2D eigenvalue weighted by Crippen LogP contribution is 2.21. The highest BCUT2D eigenvalue weighted by Gasteiger charge is 2.19. The third-order valence-corrected chi connectivity index (χ3v) is 4.47. The topological polar surface area (TPSA) is 74.3 Å². The Kier molecular flexibility index (Phi) is 5.73. The van der Waals surface area contributed by atoms with Gasteiger partial charge in [0.25, 0.3) is 0 Å². The van der Waals surface area contributed by atoms with E-state index in [-0.39, 0.29) is 24.6 Å². The first kappa shape index (κ1) is 19.5. The predicted octanol–water partition coefficient (Wildman–Crippen LogP) is 3.89. The number of carbonyl (C=O) groups excluding carboxylic acids is 2. The number of esters is 1. The van der Waals surface area contributed by atoms with Crippen LogP contribution in [0.5, 0.6) is 0 Å². The molecule has 1 aromatic carbocycles. The number of Topliss-reactive ketones (excluding diaryl/α,β-unsaturated/α-hetero) is 1. The lowest BCUT2D eigenvalue weighted by molar-refractivity contribution is -0.142. The first-order valence-electron chi connectivity index (χ1n) is 8.91. The number of hydrogen-bond acceptors (Lipinski definition) is 5. The Morgan fingerprint density at radius 1 is 1.14 bits per heavy atom. The van der Waals surface area contributed by atoms with Crippen LogP contribution in [-0.2, 0) is 16.0 Å². The normalized spacial score (nSPS) is 10.9. The fourth-order valence-electron chi connectivity index (χ4n) is 3.05. The second-order valence-corrected chi connectivity index (χ2v) is 6.63. The fourth-order valence-corrected chi connectivity index (χ4v) is 3.05. The molecular formula is C21H21FN2O4. The van der Waals surface area contributed by atoms with E-state index in [2.05, 4.69) is 5.16 Å². The molecule has 146 valence electrons. The molecule has 0 N–H and O–H groups in total. The van der Waals surface area contributed by atoms with E-state index in [0.717, 1.165) is 11.3 Å². The third-order valence-electron chi connectivity index (χ3n) is 4.47. The van der Waals surface area contributed by atoms with Crippen molar-refractivity contribution in [1.29, 1.82) is 0 Å². The Balaban J connectivity index is 1.59. The Morgan fingerprint density at radius 2 is 1.86 bits per heavy atom. The van der Waals surface area contributed by atoms with Gasteiger partial charge in [-0.15, -0.1) is 0 Å². The molecule has 0 aliphatic carbocycles. The van der Waals surface area contributed by atoms with Crippen LogP contribution >= 0.6 is 0 Å². The van der Waals surface area contributed by atoms with E-state index >= 15 is 0 Å². The van der Waals surface area contributed by atoms with Gasteiger partial charge in [0.05, 0.1) is 0 Å².